The van der Waals surface area contributed by atoms with Gasteiger partial charge in [0, 0.05) is 18.5 Å². The Bertz CT molecular complexity index is 837. The number of hydrogen-bond donors (Lipinski definition) is 1. The lowest BCUT2D eigenvalue weighted by molar-refractivity contribution is -0.140. The Morgan fingerprint density at radius 2 is 1.70 bits per heavy atom. The lowest BCUT2D eigenvalue weighted by atomic mass is 9.95. The second-order valence-corrected chi connectivity index (χ2v) is 6.48. The predicted octanol–water partition coefficient (Wildman–Crippen LogP) is 3.59. The highest BCUT2D eigenvalue weighted by Crippen LogP contribution is 2.34. The Morgan fingerprint density at radius 3 is 2.33 bits per heavy atom. The maximum atomic E-state index is 12.9. The highest BCUT2D eigenvalue weighted by molar-refractivity contribution is 7.80. The molecule has 27 heavy (non-hydrogen) atoms. The van der Waals surface area contributed by atoms with Gasteiger partial charge < -0.3 is 14.8 Å². The molecule has 1 aliphatic heterocycles. The van der Waals surface area contributed by atoms with Gasteiger partial charge in [-0.05, 0) is 36.8 Å². The zero-order valence-electron chi connectivity index (χ0n) is 15.3. The van der Waals surface area contributed by atoms with Crippen LogP contribution in [0.5, 0.6) is 0 Å². The summed E-state index contributed by atoms with van der Waals surface area (Å²) in [6.45, 7) is 2.44. The minimum atomic E-state index is -0.380. The number of nitrogens with one attached hydrogen (secondary N) is 1. The molecular weight excluding hydrogens is 360 g/mol. The van der Waals surface area contributed by atoms with Crippen molar-refractivity contribution in [1.29, 1.82) is 0 Å². The number of rotatable bonds is 6. The van der Waals surface area contributed by atoms with Crippen LogP contribution in [0.2, 0.25) is 0 Å². The number of carbonyl (C=O) groups is 1. The molecule has 0 spiro atoms. The van der Waals surface area contributed by atoms with Gasteiger partial charge in [0.2, 0.25) is 0 Å². The number of para-hydroxylation sites is 1. The van der Waals surface area contributed by atoms with E-state index in [1.165, 1.54) is 0 Å². The van der Waals surface area contributed by atoms with E-state index in [2.05, 4.69) is 5.32 Å². The van der Waals surface area contributed by atoms with Crippen molar-refractivity contribution < 1.29 is 14.3 Å². The SMILES string of the molecule is COCCOC(=O)C1=C(C)N(c2ccccc2)C(=S)N[C@H]1c1ccccc1. The summed E-state index contributed by atoms with van der Waals surface area (Å²) in [5.41, 5.74) is 3.13. The normalized spacial score (nSPS) is 16.9. The number of esters is 1. The third-order valence-corrected chi connectivity index (χ3v) is 4.67. The van der Waals surface area contributed by atoms with Gasteiger partial charge in [-0.15, -0.1) is 0 Å². The number of hydrogen-bond acceptors (Lipinski definition) is 4. The third kappa shape index (κ3) is 4.18. The monoisotopic (exact) mass is 382 g/mol. The molecule has 2 aromatic rings. The van der Waals surface area contributed by atoms with Crippen LogP contribution < -0.4 is 10.2 Å². The first kappa shape index (κ1) is 19.1. The largest absolute Gasteiger partial charge is 0.460 e. The van der Waals surface area contributed by atoms with Crippen molar-refractivity contribution in [3.63, 3.8) is 0 Å². The molecule has 0 saturated heterocycles. The predicted molar refractivity (Wildman–Crippen MR) is 109 cm³/mol. The molecule has 0 aliphatic carbocycles. The Balaban J connectivity index is 2.04. The van der Waals surface area contributed by atoms with Crippen LogP contribution >= 0.6 is 12.2 Å². The number of methoxy groups -OCH3 is 1. The molecule has 3 rings (SSSR count). The van der Waals surface area contributed by atoms with Gasteiger partial charge in [-0.25, -0.2) is 4.79 Å². The number of ether oxygens (including phenoxy) is 2. The molecule has 0 unspecified atom stereocenters. The molecule has 0 aromatic heterocycles. The molecule has 0 fully saturated rings. The van der Waals surface area contributed by atoms with Crippen LogP contribution in [0, 0.1) is 0 Å². The fourth-order valence-electron chi connectivity index (χ4n) is 3.09. The van der Waals surface area contributed by atoms with E-state index in [0.29, 0.717) is 17.3 Å². The Labute approximate surface area is 164 Å². The van der Waals surface area contributed by atoms with Crippen LogP contribution in [0.15, 0.2) is 71.9 Å². The first-order valence-corrected chi connectivity index (χ1v) is 9.11. The van der Waals surface area contributed by atoms with E-state index in [4.69, 9.17) is 21.7 Å². The average Bonchev–Trinajstić information content (AvgIpc) is 2.69. The smallest absolute Gasteiger partial charge is 0.338 e. The van der Waals surface area contributed by atoms with Crippen molar-refractivity contribution in [2.45, 2.75) is 13.0 Å². The van der Waals surface area contributed by atoms with Gasteiger partial charge in [0.25, 0.3) is 0 Å². The van der Waals surface area contributed by atoms with Crippen LogP contribution in [-0.4, -0.2) is 31.4 Å². The number of nitrogens with zero attached hydrogens (tertiary/aromatic N) is 1. The summed E-state index contributed by atoms with van der Waals surface area (Å²) in [6, 6.07) is 19.1. The Hall–Kier alpha value is -2.70. The second-order valence-electron chi connectivity index (χ2n) is 6.09. The minimum Gasteiger partial charge on any atom is -0.460 e. The molecule has 1 aliphatic rings. The van der Waals surface area contributed by atoms with Gasteiger partial charge >= 0.3 is 5.97 Å². The summed E-state index contributed by atoms with van der Waals surface area (Å²) >= 11 is 5.62. The molecule has 0 saturated carbocycles. The maximum Gasteiger partial charge on any atom is 0.338 e. The fourth-order valence-corrected chi connectivity index (χ4v) is 3.45. The van der Waals surface area contributed by atoms with Gasteiger partial charge in [0.1, 0.15) is 6.61 Å². The Morgan fingerprint density at radius 1 is 1.07 bits per heavy atom. The van der Waals surface area contributed by atoms with Crippen molar-refractivity contribution in [3.8, 4) is 0 Å². The van der Waals surface area contributed by atoms with Crippen molar-refractivity contribution in [2.24, 2.45) is 0 Å². The molecular formula is C21H22N2O3S. The standard InChI is InChI=1S/C21H22N2O3S/c1-15-18(20(24)26-14-13-25-2)19(16-9-5-3-6-10-16)22-21(27)23(15)17-11-7-4-8-12-17/h3-12,19H,13-14H2,1-2H3,(H,22,27)/t19-/m0/s1. The van der Waals surface area contributed by atoms with Crippen molar-refractivity contribution in [1.82, 2.24) is 5.32 Å². The molecule has 2 aromatic carbocycles. The summed E-state index contributed by atoms with van der Waals surface area (Å²) < 4.78 is 10.4. The van der Waals surface area contributed by atoms with Crippen molar-refractivity contribution in [3.05, 3.63) is 77.5 Å². The van der Waals surface area contributed by atoms with Crippen molar-refractivity contribution in [2.75, 3.05) is 25.2 Å². The van der Waals surface area contributed by atoms with Crippen LogP contribution in [-0.2, 0) is 14.3 Å². The highest BCUT2D eigenvalue weighted by Gasteiger charge is 2.35. The van der Waals surface area contributed by atoms with Gasteiger partial charge in [0.05, 0.1) is 18.2 Å². The highest BCUT2D eigenvalue weighted by atomic mass is 32.1. The third-order valence-electron chi connectivity index (χ3n) is 4.37. The first-order chi connectivity index (χ1) is 13.1. The topological polar surface area (TPSA) is 50.8 Å². The molecule has 1 heterocycles. The second kappa shape index (κ2) is 8.79. The minimum absolute atomic E-state index is 0.198. The van der Waals surface area contributed by atoms with E-state index in [1.807, 2.05) is 72.5 Å². The Kier molecular flexibility index (Phi) is 6.21. The van der Waals surface area contributed by atoms with Crippen LogP contribution in [0.4, 0.5) is 5.69 Å². The van der Waals surface area contributed by atoms with Crippen LogP contribution in [0.25, 0.3) is 0 Å². The summed E-state index contributed by atoms with van der Waals surface area (Å²) in [5, 5.41) is 3.84. The zero-order valence-corrected chi connectivity index (χ0v) is 16.2. The number of allylic oxidation sites excluding steroid dienone is 1. The molecule has 0 bridgehead atoms. The van der Waals surface area contributed by atoms with E-state index >= 15 is 0 Å². The van der Waals surface area contributed by atoms with Crippen molar-refractivity contribution >= 4 is 29.0 Å². The lowest BCUT2D eigenvalue weighted by Crippen LogP contribution is -2.48. The van der Waals surface area contributed by atoms with E-state index < -0.39 is 0 Å². The summed E-state index contributed by atoms with van der Waals surface area (Å²) in [5.74, 6) is -0.380. The molecule has 0 radical (unpaired) electrons. The lowest BCUT2D eigenvalue weighted by Gasteiger charge is -2.37. The molecule has 6 heteroatoms. The summed E-state index contributed by atoms with van der Waals surface area (Å²) in [4.78, 5) is 14.8. The molecule has 0 amide bonds. The number of carbonyl (C=O) groups excluding carboxylic acids is 1. The summed E-state index contributed by atoms with van der Waals surface area (Å²) in [6.07, 6.45) is 0. The van der Waals surface area contributed by atoms with E-state index in [9.17, 15) is 4.79 Å². The first-order valence-electron chi connectivity index (χ1n) is 8.71. The van der Waals surface area contributed by atoms with E-state index in [1.54, 1.807) is 7.11 Å². The van der Waals surface area contributed by atoms with Crippen LogP contribution in [0.3, 0.4) is 0 Å². The van der Waals surface area contributed by atoms with Gasteiger partial charge in [0.15, 0.2) is 5.11 Å². The number of thiocarbonyl (C=S) groups is 1. The number of benzene rings is 2. The molecule has 140 valence electrons. The quantitative estimate of drug-likeness (QED) is 0.468. The summed E-state index contributed by atoms with van der Waals surface area (Å²) in [7, 11) is 1.57. The molecule has 5 nitrogen and oxygen atoms in total. The number of anilines is 1. The van der Waals surface area contributed by atoms with E-state index in [-0.39, 0.29) is 18.6 Å². The van der Waals surface area contributed by atoms with Crippen LogP contribution in [0.1, 0.15) is 18.5 Å². The van der Waals surface area contributed by atoms with E-state index in [0.717, 1.165) is 16.9 Å². The maximum absolute atomic E-state index is 12.9. The fraction of sp³-hybridized carbons (Fsp3) is 0.238. The zero-order chi connectivity index (χ0) is 19.2. The molecule has 1 atom stereocenters. The molecule has 1 N–H and O–H groups in total. The average molecular weight is 382 g/mol. The van der Waals surface area contributed by atoms with Gasteiger partial charge in [-0.1, -0.05) is 48.5 Å². The van der Waals surface area contributed by atoms with Gasteiger partial charge in [-0.3, -0.25) is 4.90 Å². The van der Waals surface area contributed by atoms with Gasteiger partial charge in [-0.2, -0.15) is 0 Å².